The summed E-state index contributed by atoms with van der Waals surface area (Å²) in [6.07, 6.45) is 1.80. The number of carbonyl (C=O) groups is 2. The SMILES string of the molecule is COCCCC(N)C(=O)NCCc1nc(C(=O)O)cs1. The van der Waals surface area contributed by atoms with Crippen molar-refractivity contribution in [3.8, 4) is 0 Å². The summed E-state index contributed by atoms with van der Waals surface area (Å²) in [5.41, 5.74) is 5.76. The molecule has 1 aromatic rings. The quantitative estimate of drug-likeness (QED) is 0.563. The molecule has 1 rings (SSSR count). The molecule has 0 aliphatic carbocycles. The van der Waals surface area contributed by atoms with Gasteiger partial charge in [0.15, 0.2) is 5.69 Å². The lowest BCUT2D eigenvalue weighted by Gasteiger charge is -2.11. The molecule has 7 nitrogen and oxygen atoms in total. The Bertz CT molecular complexity index is 450. The Balaban J connectivity index is 2.25. The highest BCUT2D eigenvalue weighted by atomic mass is 32.1. The van der Waals surface area contributed by atoms with Crippen LogP contribution < -0.4 is 11.1 Å². The molecule has 1 amide bonds. The zero-order valence-corrected chi connectivity index (χ0v) is 12.1. The minimum absolute atomic E-state index is 0.0348. The van der Waals surface area contributed by atoms with Gasteiger partial charge >= 0.3 is 5.97 Å². The van der Waals surface area contributed by atoms with E-state index < -0.39 is 12.0 Å². The molecule has 112 valence electrons. The summed E-state index contributed by atoms with van der Waals surface area (Å²) in [5.74, 6) is -1.26. The molecular formula is C12H19N3O4S. The van der Waals surface area contributed by atoms with Crippen LogP contribution in [0.2, 0.25) is 0 Å². The summed E-state index contributed by atoms with van der Waals surface area (Å²) in [7, 11) is 1.60. The standard InChI is InChI=1S/C12H19N3O4S/c1-19-6-2-3-8(13)11(16)14-5-4-10-15-9(7-20-10)12(17)18/h7-8H,2-6,13H2,1H3,(H,14,16)(H,17,18). The molecule has 8 heteroatoms. The summed E-state index contributed by atoms with van der Waals surface area (Å²) in [6, 6.07) is -0.545. The van der Waals surface area contributed by atoms with E-state index in [0.717, 1.165) is 6.42 Å². The maximum absolute atomic E-state index is 11.7. The Labute approximate surface area is 121 Å². The number of ether oxygens (including phenoxy) is 1. The maximum Gasteiger partial charge on any atom is 0.355 e. The van der Waals surface area contributed by atoms with Crippen LogP contribution in [0, 0.1) is 0 Å². The molecule has 0 saturated heterocycles. The van der Waals surface area contributed by atoms with E-state index in [-0.39, 0.29) is 11.6 Å². The molecule has 1 heterocycles. The van der Waals surface area contributed by atoms with E-state index >= 15 is 0 Å². The highest BCUT2D eigenvalue weighted by molar-refractivity contribution is 7.09. The van der Waals surface area contributed by atoms with Gasteiger partial charge in [0.2, 0.25) is 5.91 Å². The highest BCUT2D eigenvalue weighted by Gasteiger charge is 2.13. The predicted octanol–water partition coefficient (Wildman–Crippen LogP) is 0.254. The van der Waals surface area contributed by atoms with Gasteiger partial charge in [0.05, 0.1) is 11.0 Å². The molecule has 0 saturated carbocycles. The summed E-state index contributed by atoms with van der Waals surface area (Å²) < 4.78 is 4.89. The number of carboxylic acids is 1. The fraction of sp³-hybridized carbons (Fsp3) is 0.583. The van der Waals surface area contributed by atoms with E-state index in [0.29, 0.717) is 31.0 Å². The van der Waals surface area contributed by atoms with E-state index in [9.17, 15) is 9.59 Å². The average Bonchev–Trinajstić information content (AvgIpc) is 2.87. The van der Waals surface area contributed by atoms with Crippen LogP contribution in [0.4, 0.5) is 0 Å². The van der Waals surface area contributed by atoms with Crippen LogP contribution in [-0.2, 0) is 16.0 Å². The molecule has 0 aromatic carbocycles. The summed E-state index contributed by atoms with van der Waals surface area (Å²) in [6.45, 7) is 0.974. The van der Waals surface area contributed by atoms with Gasteiger partial charge in [-0.15, -0.1) is 11.3 Å². The fourth-order valence-corrected chi connectivity index (χ4v) is 2.30. The molecule has 1 atom stereocenters. The second kappa shape index (κ2) is 8.62. The Hall–Kier alpha value is -1.51. The van der Waals surface area contributed by atoms with Crippen molar-refractivity contribution in [2.45, 2.75) is 25.3 Å². The first-order valence-corrected chi connectivity index (χ1v) is 7.12. The van der Waals surface area contributed by atoms with Crippen LogP contribution in [0.3, 0.4) is 0 Å². The van der Waals surface area contributed by atoms with Gasteiger partial charge in [-0.05, 0) is 12.8 Å². The Morgan fingerprint density at radius 2 is 2.35 bits per heavy atom. The second-order valence-corrected chi connectivity index (χ2v) is 5.16. The van der Waals surface area contributed by atoms with Crippen LogP contribution in [-0.4, -0.2) is 48.3 Å². The summed E-state index contributed by atoms with van der Waals surface area (Å²) >= 11 is 1.26. The van der Waals surface area contributed by atoms with Gasteiger partial charge in [0.25, 0.3) is 0 Å². The summed E-state index contributed by atoms with van der Waals surface area (Å²) in [5, 5.41) is 13.6. The van der Waals surface area contributed by atoms with E-state index in [2.05, 4.69) is 10.3 Å². The largest absolute Gasteiger partial charge is 0.476 e. The molecule has 0 radical (unpaired) electrons. The molecule has 0 aliphatic rings. The lowest BCUT2D eigenvalue weighted by atomic mass is 10.1. The monoisotopic (exact) mass is 301 g/mol. The molecule has 0 spiro atoms. The fourth-order valence-electron chi connectivity index (χ4n) is 1.53. The van der Waals surface area contributed by atoms with Gasteiger partial charge in [-0.1, -0.05) is 0 Å². The van der Waals surface area contributed by atoms with Crippen molar-refractivity contribution in [2.75, 3.05) is 20.3 Å². The Kier molecular flexibility index (Phi) is 7.13. The normalized spacial score (nSPS) is 12.1. The van der Waals surface area contributed by atoms with Gasteiger partial charge in [-0.25, -0.2) is 9.78 Å². The van der Waals surface area contributed by atoms with Crippen molar-refractivity contribution in [3.05, 3.63) is 16.1 Å². The van der Waals surface area contributed by atoms with E-state index in [4.69, 9.17) is 15.6 Å². The maximum atomic E-state index is 11.7. The van der Waals surface area contributed by atoms with E-state index in [1.807, 2.05) is 0 Å². The van der Waals surface area contributed by atoms with E-state index in [1.165, 1.54) is 16.7 Å². The van der Waals surface area contributed by atoms with E-state index in [1.54, 1.807) is 7.11 Å². The van der Waals surface area contributed by atoms with Crippen molar-refractivity contribution in [3.63, 3.8) is 0 Å². The number of amides is 1. The summed E-state index contributed by atoms with van der Waals surface area (Å²) in [4.78, 5) is 26.2. The molecular weight excluding hydrogens is 282 g/mol. The number of thiazole rings is 1. The van der Waals surface area contributed by atoms with Gasteiger partial charge in [-0.2, -0.15) is 0 Å². The number of aromatic nitrogens is 1. The van der Waals surface area contributed by atoms with Crippen LogP contribution >= 0.6 is 11.3 Å². The lowest BCUT2D eigenvalue weighted by Crippen LogP contribution is -2.41. The molecule has 0 bridgehead atoms. The smallest absolute Gasteiger partial charge is 0.355 e. The van der Waals surface area contributed by atoms with Crippen molar-refractivity contribution >= 4 is 23.2 Å². The second-order valence-electron chi connectivity index (χ2n) is 4.21. The van der Waals surface area contributed by atoms with Crippen LogP contribution in [0.15, 0.2) is 5.38 Å². The molecule has 20 heavy (non-hydrogen) atoms. The van der Waals surface area contributed by atoms with Gasteiger partial charge in [0, 0.05) is 32.1 Å². The first-order valence-electron chi connectivity index (χ1n) is 6.24. The zero-order chi connectivity index (χ0) is 15.0. The first-order chi connectivity index (χ1) is 9.54. The molecule has 1 unspecified atom stereocenters. The van der Waals surface area contributed by atoms with Gasteiger partial charge in [0.1, 0.15) is 0 Å². The number of methoxy groups -OCH3 is 1. The predicted molar refractivity (Wildman–Crippen MR) is 74.9 cm³/mol. The zero-order valence-electron chi connectivity index (χ0n) is 11.3. The Morgan fingerprint density at radius 3 is 2.95 bits per heavy atom. The molecule has 1 aromatic heterocycles. The highest BCUT2D eigenvalue weighted by Crippen LogP contribution is 2.09. The van der Waals surface area contributed by atoms with Gasteiger partial charge < -0.3 is 20.9 Å². The van der Waals surface area contributed by atoms with Crippen LogP contribution in [0.1, 0.15) is 28.3 Å². The number of nitrogens with two attached hydrogens (primary N) is 1. The minimum atomic E-state index is -1.04. The van der Waals surface area contributed by atoms with Crippen molar-refractivity contribution < 1.29 is 19.4 Å². The topological polar surface area (TPSA) is 115 Å². The third-order valence-corrected chi connectivity index (χ3v) is 3.52. The molecule has 0 fully saturated rings. The third-order valence-electron chi connectivity index (χ3n) is 2.61. The van der Waals surface area contributed by atoms with Crippen molar-refractivity contribution in [1.82, 2.24) is 10.3 Å². The number of nitrogens with one attached hydrogen (secondary N) is 1. The molecule has 0 aliphatic heterocycles. The first kappa shape index (κ1) is 16.5. The number of rotatable bonds is 9. The Morgan fingerprint density at radius 1 is 1.60 bits per heavy atom. The van der Waals surface area contributed by atoms with Crippen LogP contribution in [0.25, 0.3) is 0 Å². The lowest BCUT2D eigenvalue weighted by molar-refractivity contribution is -0.122. The number of carboxylic acid groups (broad SMARTS) is 1. The number of carbonyl (C=O) groups excluding carboxylic acids is 1. The number of hydrogen-bond donors (Lipinski definition) is 3. The third kappa shape index (κ3) is 5.64. The average molecular weight is 301 g/mol. The van der Waals surface area contributed by atoms with Crippen molar-refractivity contribution in [1.29, 1.82) is 0 Å². The number of aromatic carboxylic acids is 1. The van der Waals surface area contributed by atoms with Gasteiger partial charge in [-0.3, -0.25) is 4.79 Å². The minimum Gasteiger partial charge on any atom is -0.476 e. The number of nitrogens with zero attached hydrogens (tertiary/aromatic N) is 1. The number of hydrogen-bond acceptors (Lipinski definition) is 6. The molecule has 4 N–H and O–H groups in total. The van der Waals surface area contributed by atoms with Crippen molar-refractivity contribution in [2.24, 2.45) is 5.73 Å². The van der Waals surface area contributed by atoms with Crippen LogP contribution in [0.5, 0.6) is 0 Å².